The molecular formula is C15H22BrNO3. The number of halogens is 1. The van der Waals surface area contributed by atoms with Gasteiger partial charge in [0.15, 0.2) is 0 Å². The fourth-order valence-corrected chi connectivity index (χ4v) is 2.05. The predicted molar refractivity (Wildman–Crippen MR) is 82.9 cm³/mol. The Balaban J connectivity index is 2.53. The molecule has 0 aliphatic carbocycles. The first-order valence-electron chi connectivity index (χ1n) is 6.74. The number of rotatable bonds is 8. The SMILES string of the molecule is COC(=O)CCCOc1ccc(Br)cc1CNC(C)C. The third-order valence-corrected chi connectivity index (χ3v) is 3.23. The molecule has 1 rings (SSSR count). The van der Waals surface area contributed by atoms with E-state index >= 15 is 0 Å². The molecule has 0 bridgehead atoms. The largest absolute Gasteiger partial charge is 0.493 e. The van der Waals surface area contributed by atoms with Crippen LogP contribution in [0.4, 0.5) is 0 Å². The van der Waals surface area contributed by atoms with Gasteiger partial charge in [-0.2, -0.15) is 0 Å². The van der Waals surface area contributed by atoms with Crippen molar-refractivity contribution in [3.8, 4) is 5.75 Å². The van der Waals surface area contributed by atoms with E-state index < -0.39 is 0 Å². The summed E-state index contributed by atoms with van der Waals surface area (Å²) in [6, 6.07) is 6.36. The van der Waals surface area contributed by atoms with Crippen molar-refractivity contribution >= 4 is 21.9 Å². The molecule has 0 fully saturated rings. The van der Waals surface area contributed by atoms with Crippen molar-refractivity contribution in [2.75, 3.05) is 13.7 Å². The van der Waals surface area contributed by atoms with Crippen molar-refractivity contribution in [1.82, 2.24) is 5.32 Å². The number of benzene rings is 1. The average Bonchev–Trinajstić information content (AvgIpc) is 2.42. The Morgan fingerprint density at radius 3 is 2.80 bits per heavy atom. The van der Waals surface area contributed by atoms with E-state index in [0.29, 0.717) is 25.5 Å². The fraction of sp³-hybridized carbons (Fsp3) is 0.533. The van der Waals surface area contributed by atoms with Gasteiger partial charge < -0.3 is 14.8 Å². The zero-order valence-corrected chi connectivity index (χ0v) is 13.8. The third kappa shape index (κ3) is 6.39. The molecule has 0 saturated carbocycles. The van der Waals surface area contributed by atoms with E-state index in [2.05, 4.69) is 39.8 Å². The van der Waals surface area contributed by atoms with Gasteiger partial charge in [-0.1, -0.05) is 29.8 Å². The van der Waals surface area contributed by atoms with Crippen molar-refractivity contribution in [1.29, 1.82) is 0 Å². The van der Waals surface area contributed by atoms with E-state index in [9.17, 15) is 4.79 Å². The zero-order chi connectivity index (χ0) is 15.0. The lowest BCUT2D eigenvalue weighted by atomic mass is 10.2. The minimum atomic E-state index is -0.203. The van der Waals surface area contributed by atoms with Crippen LogP contribution >= 0.6 is 15.9 Å². The van der Waals surface area contributed by atoms with Crippen LogP contribution in [0.3, 0.4) is 0 Å². The Kier molecular flexibility index (Phi) is 7.62. The number of hydrogen-bond acceptors (Lipinski definition) is 4. The summed E-state index contributed by atoms with van der Waals surface area (Å²) in [5.74, 6) is 0.650. The van der Waals surface area contributed by atoms with Gasteiger partial charge in [0.1, 0.15) is 5.75 Å². The molecule has 0 unspecified atom stereocenters. The van der Waals surface area contributed by atoms with Gasteiger partial charge in [0.2, 0.25) is 0 Å². The lowest BCUT2D eigenvalue weighted by Gasteiger charge is -2.14. The highest BCUT2D eigenvalue weighted by atomic mass is 79.9. The second-order valence-corrected chi connectivity index (χ2v) is 5.73. The summed E-state index contributed by atoms with van der Waals surface area (Å²) in [5, 5.41) is 3.37. The number of carbonyl (C=O) groups is 1. The van der Waals surface area contributed by atoms with Crippen molar-refractivity contribution in [2.24, 2.45) is 0 Å². The molecule has 5 heteroatoms. The molecule has 4 nitrogen and oxygen atoms in total. The molecule has 112 valence electrons. The van der Waals surface area contributed by atoms with Gasteiger partial charge in [-0.25, -0.2) is 0 Å². The number of esters is 1. The summed E-state index contributed by atoms with van der Waals surface area (Å²) < 4.78 is 11.4. The summed E-state index contributed by atoms with van der Waals surface area (Å²) in [7, 11) is 1.40. The molecule has 1 aromatic carbocycles. The van der Waals surface area contributed by atoms with Crippen LogP contribution in [0.1, 0.15) is 32.3 Å². The zero-order valence-electron chi connectivity index (χ0n) is 12.2. The first-order valence-corrected chi connectivity index (χ1v) is 7.53. The average molecular weight is 344 g/mol. The second kappa shape index (κ2) is 8.97. The van der Waals surface area contributed by atoms with Crippen LogP contribution < -0.4 is 10.1 Å². The van der Waals surface area contributed by atoms with Crippen molar-refractivity contribution in [3.05, 3.63) is 28.2 Å². The maximum absolute atomic E-state index is 11.0. The Morgan fingerprint density at radius 1 is 1.40 bits per heavy atom. The van der Waals surface area contributed by atoms with E-state index in [1.54, 1.807) is 0 Å². The van der Waals surface area contributed by atoms with Crippen LogP contribution in [0.15, 0.2) is 22.7 Å². The smallest absolute Gasteiger partial charge is 0.305 e. The molecule has 0 aromatic heterocycles. The second-order valence-electron chi connectivity index (χ2n) is 4.82. The Hall–Kier alpha value is -1.07. The monoisotopic (exact) mass is 343 g/mol. The minimum absolute atomic E-state index is 0.203. The standard InChI is InChI=1S/C15H22BrNO3/c1-11(2)17-10-12-9-13(16)6-7-14(12)20-8-4-5-15(18)19-3/h6-7,9,11,17H,4-5,8,10H2,1-3H3. The minimum Gasteiger partial charge on any atom is -0.493 e. The van der Waals surface area contributed by atoms with Gasteiger partial charge >= 0.3 is 5.97 Å². The molecule has 1 aromatic rings. The number of hydrogen-bond donors (Lipinski definition) is 1. The third-order valence-electron chi connectivity index (χ3n) is 2.73. The molecule has 0 saturated heterocycles. The molecule has 0 aliphatic heterocycles. The van der Waals surface area contributed by atoms with Crippen LogP contribution in [0.25, 0.3) is 0 Å². The van der Waals surface area contributed by atoms with Gasteiger partial charge in [0.25, 0.3) is 0 Å². The first kappa shape index (κ1) is 17.0. The summed E-state index contributed by atoms with van der Waals surface area (Å²) >= 11 is 3.47. The Labute approximate surface area is 129 Å². The molecule has 1 N–H and O–H groups in total. The van der Waals surface area contributed by atoms with E-state index in [-0.39, 0.29) is 5.97 Å². The molecule has 0 amide bonds. The van der Waals surface area contributed by atoms with Gasteiger partial charge in [-0.15, -0.1) is 0 Å². The highest BCUT2D eigenvalue weighted by molar-refractivity contribution is 9.10. The fourth-order valence-electron chi connectivity index (χ4n) is 1.64. The van der Waals surface area contributed by atoms with Gasteiger partial charge in [-0.3, -0.25) is 4.79 Å². The molecule has 20 heavy (non-hydrogen) atoms. The van der Waals surface area contributed by atoms with E-state index in [1.807, 2.05) is 18.2 Å². The molecule has 0 heterocycles. The van der Waals surface area contributed by atoms with Crippen LogP contribution in [-0.4, -0.2) is 25.7 Å². The van der Waals surface area contributed by atoms with Crippen molar-refractivity contribution < 1.29 is 14.3 Å². The first-order chi connectivity index (χ1) is 9.52. The van der Waals surface area contributed by atoms with Crippen molar-refractivity contribution in [2.45, 2.75) is 39.3 Å². The molecule has 0 aliphatic rings. The number of carbonyl (C=O) groups excluding carboxylic acids is 1. The van der Waals surface area contributed by atoms with Crippen LogP contribution in [0.5, 0.6) is 5.75 Å². The van der Waals surface area contributed by atoms with E-state index in [0.717, 1.165) is 22.3 Å². The highest BCUT2D eigenvalue weighted by Crippen LogP contribution is 2.23. The van der Waals surface area contributed by atoms with E-state index in [1.165, 1.54) is 7.11 Å². The normalized spacial score (nSPS) is 10.7. The highest BCUT2D eigenvalue weighted by Gasteiger charge is 2.06. The van der Waals surface area contributed by atoms with Crippen LogP contribution in [-0.2, 0) is 16.1 Å². The topological polar surface area (TPSA) is 47.6 Å². The molecule has 0 spiro atoms. The predicted octanol–water partition coefficient (Wildman–Crippen LogP) is 3.28. The van der Waals surface area contributed by atoms with Crippen molar-refractivity contribution in [3.63, 3.8) is 0 Å². The van der Waals surface area contributed by atoms with Crippen LogP contribution in [0, 0.1) is 0 Å². The number of ether oxygens (including phenoxy) is 2. The lowest BCUT2D eigenvalue weighted by Crippen LogP contribution is -2.22. The number of nitrogens with one attached hydrogen (secondary N) is 1. The lowest BCUT2D eigenvalue weighted by molar-refractivity contribution is -0.140. The Morgan fingerprint density at radius 2 is 2.15 bits per heavy atom. The Bertz CT molecular complexity index is 435. The quantitative estimate of drug-likeness (QED) is 0.581. The summed E-state index contributed by atoms with van der Waals surface area (Å²) in [4.78, 5) is 11.0. The summed E-state index contributed by atoms with van der Waals surface area (Å²) in [5.41, 5.74) is 1.10. The van der Waals surface area contributed by atoms with Crippen LogP contribution in [0.2, 0.25) is 0 Å². The number of methoxy groups -OCH3 is 1. The summed E-state index contributed by atoms with van der Waals surface area (Å²) in [6.07, 6.45) is 1.03. The molecular weight excluding hydrogens is 322 g/mol. The van der Waals surface area contributed by atoms with Gasteiger partial charge in [-0.05, 0) is 24.6 Å². The molecule has 0 radical (unpaired) electrons. The van der Waals surface area contributed by atoms with Gasteiger partial charge in [0.05, 0.1) is 13.7 Å². The summed E-state index contributed by atoms with van der Waals surface area (Å²) in [6.45, 7) is 5.47. The maximum atomic E-state index is 11.0. The van der Waals surface area contributed by atoms with E-state index in [4.69, 9.17) is 4.74 Å². The molecule has 0 atom stereocenters. The van der Waals surface area contributed by atoms with Gasteiger partial charge in [0, 0.05) is 29.0 Å². The maximum Gasteiger partial charge on any atom is 0.305 e.